The molecular formula is C14H21NO2S. The molecular weight excluding hydrogens is 246 g/mol. The van der Waals surface area contributed by atoms with Gasteiger partial charge in [0.1, 0.15) is 0 Å². The topological polar surface area (TPSA) is 40.5 Å². The van der Waals surface area contributed by atoms with Crippen molar-refractivity contribution in [2.75, 3.05) is 19.7 Å². The second kappa shape index (κ2) is 8.16. The Labute approximate surface area is 113 Å². The number of hydrogen-bond donors (Lipinski definition) is 1. The Morgan fingerprint density at radius 3 is 2.61 bits per heavy atom. The highest BCUT2D eigenvalue weighted by atomic mass is 32.2. The second-order valence-electron chi connectivity index (χ2n) is 4.08. The summed E-state index contributed by atoms with van der Waals surface area (Å²) in [7, 11) is 0. The van der Waals surface area contributed by atoms with E-state index in [1.165, 1.54) is 5.56 Å². The van der Waals surface area contributed by atoms with Gasteiger partial charge < -0.3 is 10.0 Å². The van der Waals surface area contributed by atoms with Gasteiger partial charge in [0.15, 0.2) is 0 Å². The van der Waals surface area contributed by atoms with Gasteiger partial charge in [-0.05, 0) is 19.4 Å². The van der Waals surface area contributed by atoms with Crippen molar-refractivity contribution in [2.24, 2.45) is 0 Å². The van der Waals surface area contributed by atoms with Crippen molar-refractivity contribution < 1.29 is 9.90 Å². The van der Waals surface area contributed by atoms with Crippen molar-refractivity contribution in [1.29, 1.82) is 0 Å². The molecule has 0 unspecified atom stereocenters. The molecule has 0 aliphatic rings. The fourth-order valence-corrected chi connectivity index (χ4v) is 2.60. The minimum atomic E-state index is -0.0725. The number of amides is 1. The Balaban J connectivity index is 2.44. The van der Waals surface area contributed by atoms with Gasteiger partial charge in [-0.1, -0.05) is 30.3 Å². The predicted octanol–water partition coefficient (Wildman–Crippen LogP) is 2.15. The molecule has 0 heterocycles. The molecule has 1 atom stereocenters. The first-order valence-corrected chi connectivity index (χ1v) is 7.29. The monoisotopic (exact) mass is 267 g/mol. The molecule has 0 aliphatic carbocycles. The van der Waals surface area contributed by atoms with Crippen molar-refractivity contribution in [3.63, 3.8) is 0 Å². The Morgan fingerprint density at radius 2 is 2.06 bits per heavy atom. The molecule has 0 spiro atoms. The van der Waals surface area contributed by atoms with E-state index in [-0.39, 0.29) is 17.8 Å². The molecule has 0 radical (unpaired) electrons. The smallest absolute Gasteiger partial charge is 0.235 e. The maximum atomic E-state index is 12.1. The maximum Gasteiger partial charge on any atom is 0.235 e. The summed E-state index contributed by atoms with van der Waals surface area (Å²) in [5.74, 6) is 0.942. The molecule has 0 saturated heterocycles. The van der Waals surface area contributed by atoms with Crippen LogP contribution in [-0.4, -0.2) is 40.9 Å². The summed E-state index contributed by atoms with van der Waals surface area (Å²) >= 11 is 1.63. The fraction of sp³-hybridized carbons (Fsp3) is 0.500. The van der Waals surface area contributed by atoms with Crippen molar-refractivity contribution in [3.8, 4) is 0 Å². The van der Waals surface area contributed by atoms with E-state index < -0.39 is 0 Å². The average Bonchev–Trinajstić information content (AvgIpc) is 2.42. The van der Waals surface area contributed by atoms with E-state index in [9.17, 15) is 4.79 Å². The van der Waals surface area contributed by atoms with Crippen molar-refractivity contribution in [3.05, 3.63) is 35.9 Å². The summed E-state index contributed by atoms with van der Waals surface area (Å²) < 4.78 is 0. The lowest BCUT2D eigenvalue weighted by Gasteiger charge is -2.23. The number of thioether (sulfide) groups is 1. The number of likely N-dealkylation sites (N-methyl/N-ethyl adjacent to an activating group) is 1. The Kier molecular flexibility index (Phi) is 6.83. The number of hydrogen-bond acceptors (Lipinski definition) is 3. The number of benzene rings is 1. The van der Waals surface area contributed by atoms with E-state index in [2.05, 4.69) is 12.1 Å². The van der Waals surface area contributed by atoms with E-state index in [0.717, 1.165) is 5.75 Å². The molecule has 3 nitrogen and oxygen atoms in total. The van der Waals surface area contributed by atoms with Crippen LogP contribution in [0.5, 0.6) is 0 Å². The van der Waals surface area contributed by atoms with E-state index in [0.29, 0.717) is 13.1 Å². The van der Waals surface area contributed by atoms with Crippen LogP contribution < -0.4 is 0 Å². The molecule has 0 aliphatic heterocycles. The molecule has 1 amide bonds. The number of nitrogens with zero attached hydrogens (tertiary/aromatic N) is 1. The van der Waals surface area contributed by atoms with Crippen molar-refractivity contribution in [2.45, 2.75) is 24.9 Å². The van der Waals surface area contributed by atoms with Crippen molar-refractivity contribution >= 4 is 17.7 Å². The lowest BCUT2D eigenvalue weighted by molar-refractivity contribution is -0.130. The van der Waals surface area contributed by atoms with Crippen LogP contribution in [0.3, 0.4) is 0 Å². The molecule has 100 valence electrons. The summed E-state index contributed by atoms with van der Waals surface area (Å²) in [4.78, 5) is 13.8. The van der Waals surface area contributed by atoms with Gasteiger partial charge in [-0.2, -0.15) is 0 Å². The van der Waals surface area contributed by atoms with E-state index >= 15 is 0 Å². The third-order valence-corrected chi connectivity index (χ3v) is 3.96. The molecule has 1 aromatic carbocycles. The summed E-state index contributed by atoms with van der Waals surface area (Å²) in [6.45, 7) is 4.95. The average molecular weight is 267 g/mol. The van der Waals surface area contributed by atoms with Crippen molar-refractivity contribution in [1.82, 2.24) is 4.90 Å². The Morgan fingerprint density at radius 1 is 1.39 bits per heavy atom. The maximum absolute atomic E-state index is 12.1. The van der Waals surface area contributed by atoms with Crippen LogP contribution in [-0.2, 0) is 10.5 Å². The Hall–Kier alpha value is -1.00. The van der Waals surface area contributed by atoms with Gasteiger partial charge in [0.05, 0.1) is 11.9 Å². The third kappa shape index (κ3) is 4.70. The molecule has 4 heteroatoms. The fourth-order valence-electron chi connectivity index (χ4n) is 1.67. The summed E-state index contributed by atoms with van der Waals surface area (Å²) in [6, 6.07) is 10.1. The predicted molar refractivity (Wildman–Crippen MR) is 76.5 cm³/mol. The number of carbonyl (C=O) groups excluding carboxylic acids is 1. The Bertz CT molecular complexity index is 356. The lowest BCUT2D eigenvalue weighted by Crippen LogP contribution is -2.38. The largest absolute Gasteiger partial charge is 0.395 e. The first kappa shape index (κ1) is 15.1. The van der Waals surface area contributed by atoms with Crippen LogP contribution in [0.2, 0.25) is 0 Å². The number of aliphatic hydroxyl groups excluding tert-OH is 1. The molecule has 0 saturated carbocycles. The van der Waals surface area contributed by atoms with Gasteiger partial charge in [0, 0.05) is 18.8 Å². The van der Waals surface area contributed by atoms with Crippen LogP contribution in [0.1, 0.15) is 19.4 Å². The highest BCUT2D eigenvalue weighted by Gasteiger charge is 2.19. The molecule has 1 aromatic rings. The third-order valence-electron chi connectivity index (χ3n) is 2.75. The molecule has 1 N–H and O–H groups in total. The molecule has 1 rings (SSSR count). The van der Waals surface area contributed by atoms with Gasteiger partial charge in [0.2, 0.25) is 5.91 Å². The lowest BCUT2D eigenvalue weighted by atomic mass is 10.2. The summed E-state index contributed by atoms with van der Waals surface area (Å²) in [5, 5.41) is 8.83. The normalized spacial score (nSPS) is 12.2. The van der Waals surface area contributed by atoms with Gasteiger partial charge in [-0.25, -0.2) is 0 Å². The SMILES string of the molecule is CCN(CCO)C(=O)[C@@H](C)SCc1ccccc1. The quantitative estimate of drug-likeness (QED) is 0.823. The van der Waals surface area contributed by atoms with Crippen LogP contribution in [0, 0.1) is 0 Å². The zero-order valence-corrected chi connectivity index (χ0v) is 11.8. The zero-order valence-electron chi connectivity index (χ0n) is 11.0. The highest BCUT2D eigenvalue weighted by molar-refractivity contribution is 7.99. The van der Waals surface area contributed by atoms with E-state index in [4.69, 9.17) is 5.11 Å². The van der Waals surface area contributed by atoms with E-state index in [1.54, 1.807) is 16.7 Å². The molecule has 0 fully saturated rings. The van der Waals surface area contributed by atoms with E-state index in [1.807, 2.05) is 32.0 Å². The highest BCUT2D eigenvalue weighted by Crippen LogP contribution is 2.19. The molecule has 18 heavy (non-hydrogen) atoms. The van der Waals surface area contributed by atoms with Crippen LogP contribution >= 0.6 is 11.8 Å². The minimum absolute atomic E-state index is 0.0235. The van der Waals surface area contributed by atoms with Crippen LogP contribution in [0.25, 0.3) is 0 Å². The number of rotatable bonds is 7. The first-order valence-electron chi connectivity index (χ1n) is 6.24. The zero-order chi connectivity index (χ0) is 13.4. The van der Waals surface area contributed by atoms with Gasteiger partial charge in [-0.15, -0.1) is 11.8 Å². The first-order chi connectivity index (χ1) is 8.69. The summed E-state index contributed by atoms with van der Waals surface area (Å²) in [5.41, 5.74) is 1.23. The summed E-state index contributed by atoms with van der Waals surface area (Å²) in [6.07, 6.45) is 0. The van der Waals surface area contributed by atoms with Crippen LogP contribution in [0.4, 0.5) is 0 Å². The van der Waals surface area contributed by atoms with Crippen LogP contribution in [0.15, 0.2) is 30.3 Å². The molecule has 0 bridgehead atoms. The van der Waals surface area contributed by atoms with Gasteiger partial charge >= 0.3 is 0 Å². The number of aliphatic hydroxyl groups is 1. The van der Waals surface area contributed by atoms with Gasteiger partial charge in [0.25, 0.3) is 0 Å². The standard InChI is InChI=1S/C14H21NO2S/c1-3-15(9-10-16)14(17)12(2)18-11-13-7-5-4-6-8-13/h4-8,12,16H,3,9-11H2,1-2H3/t12-/m1/s1. The minimum Gasteiger partial charge on any atom is -0.395 e. The number of carbonyl (C=O) groups is 1. The van der Waals surface area contributed by atoms with Gasteiger partial charge in [-0.3, -0.25) is 4.79 Å². The second-order valence-corrected chi connectivity index (χ2v) is 5.41. The molecule has 0 aromatic heterocycles.